The number of rotatable bonds is 7. The highest BCUT2D eigenvalue weighted by Gasteiger charge is 2.19. The van der Waals surface area contributed by atoms with E-state index in [1.54, 1.807) is 0 Å². The van der Waals surface area contributed by atoms with Gasteiger partial charge in [0, 0.05) is 31.8 Å². The molecule has 2 rings (SSSR count). The quantitative estimate of drug-likeness (QED) is 0.816. The lowest BCUT2D eigenvalue weighted by Crippen LogP contribution is -2.28. The minimum Gasteiger partial charge on any atom is -0.396 e. The van der Waals surface area contributed by atoms with Crippen molar-refractivity contribution in [3.8, 4) is 5.69 Å². The average molecular weight is 288 g/mol. The van der Waals surface area contributed by atoms with Gasteiger partial charge in [-0.25, -0.2) is 4.68 Å². The van der Waals surface area contributed by atoms with Crippen LogP contribution >= 0.6 is 0 Å². The van der Waals surface area contributed by atoms with E-state index < -0.39 is 0 Å². The molecule has 0 saturated heterocycles. The van der Waals surface area contributed by atoms with Gasteiger partial charge in [-0.15, -0.1) is 0 Å². The molecular weight excluding hydrogens is 264 g/mol. The summed E-state index contributed by atoms with van der Waals surface area (Å²) in [6.45, 7) is 6.39. The van der Waals surface area contributed by atoms with E-state index in [0.29, 0.717) is 6.54 Å². The molecule has 0 spiro atoms. The zero-order valence-electron chi connectivity index (χ0n) is 12.8. The molecule has 2 aromatic rings. The molecular formula is C16H24N4O. The number of benzene rings is 1. The van der Waals surface area contributed by atoms with Gasteiger partial charge >= 0.3 is 0 Å². The summed E-state index contributed by atoms with van der Waals surface area (Å²) in [6, 6.07) is 10.1. The van der Waals surface area contributed by atoms with Crippen LogP contribution in [0.15, 0.2) is 30.3 Å². The Kier molecular flexibility index (Phi) is 5.36. The molecule has 0 amide bonds. The van der Waals surface area contributed by atoms with E-state index in [2.05, 4.69) is 16.9 Å². The Morgan fingerprint density at radius 2 is 2.00 bits per heavy atom. The minimum atomic E-state index is 0.187. The van der Waals surface area contributed by atoms with E-state index in [0.717, 1.165) is 42.3 Å². The number of nitrogens with zero attached hydrogens (tertiary/aromatic N) is 3. The number of aryl methyl sites for hydroxylation is 1. The molecule has 0 unspecified atom stereocenters. The standard InChI is InChI=1S/C16H24N4O/c1-3-19(10-7-11-21)16-15(12-17)13(2)18-20(16)14-8-5-4-6-9-14/h4-6,8-9,21H,3,7,10-12,17H2,1-2H3. The second-order valence-corrected chi connectivity index (χ2v) is 5.00. The van der Waals surface area contributed by atoms with Crippen LogP contribution in [0.2, 0.25) is 0 Å². The van der Waals surface area contributed by atoms with Crippen molar-refractivity contribution in [1.29, 1.82) is 0 Å². The largest absolute Gasteiger partial charge is 0.396 e. The number of para-hydroxylation sites is 1. The highest BCUT2D eigenvalue weighted by Crippen LogP contribution is 2.27. The fourth-order valence-electron chi connectivity index (χ4n) is 2.54. The Bertz CT molecular complexity index is 565. The third-order valence-corrected chi connectivity index (χ3v) is 3.63. The molecule has 1 aromatic carbocycles. The molecule has 0 aliphatic carbocycles. The second kappa shape index (κ2) is 7.24. The van der Waals surface area contributed by atoms with Gasteiger partial charge in [-0.3, -0.25) is 0 Å². The zero-order chi connectivity index (χ0) is 15.2. The molecule has 114 valence electrons. The van der Waals surface area contributed by atoms with Gasteiger partial charge in [0.05, 0.1) is 11.4 Å². The van der Waals surface area contributed by atoms with Gasteiger partial charge in [0.15, 0.2) is 0 Å². The van der Waals surface area contributed by atoms with Gasteiger partial charge < -0.3 is 15.7 Å². The van der Waals surface area contributed by atoms with Crippen molar-refractivity contribution in [3.05, 3.63) is 41.6 Å². The third kappa shape index (κ3) is 3.25. The first kappa shape index (κ1) is 15.5. The van der Waals surface area contributed by atoms with Crippen LogP contribution in [0.4, 0.5) is 5.82 Å². The lowest BCUT2D eigenvalue weighted by molar-refractivity contribution is 0.289. The average Bonchev–Trinajstić information content (AvgIpc) is 2.86. The summed E-state index contributed by atoms with van der Waals surface area (Å²) in [5.41, 5.74) is 8.99. The minimum absolute atomic E-state index is 0.187. The molecule has 0 aliphatic rings. The maximum absolute atomic E-state index is 9.10. The number of hydrogen-bond donors (Lipinski definition) is 2. The summed E-state index contributed by atoms with van der Waals surface area (Å²) in [5.74, 6) is 1.04. The van der Waals surface area contributed by atoms with Gasteiger partial charge in [-0.1, -0.05) is 18.2 Å². The summed E-state index contributed by atoms with van der Waals surface area (Å²) < 4.78 is 1.96. The first-order valence-electron chi connectivity index (χ1n) is 7.42. The van der Waals surface area contributed by atoms with Gasteiger partial charge in [-0.05, 0) is 32.4 Å². The highest BCUT2D eigenvalue weighted by atomic mass is 16.3. The van der Waals surface area contributed by atoms with Crippen LogP contribution in [0.1, 0.15) is 24.6 Å². The van der Waals surface area contributed by atoms with Gasteiger partial charge in [-0.2, -0.15) is 5.10 Å². The summed E-state index contributed by atoms with van der Waals surface area (Å²) in [6.07, 6.45) is 0.733. The van der Waals surface area contributed by atoms with E-state index in [-0.39, 0.29) is 6.61 Å². The highest BCUT2D eigenvalue weighted by molar-refractivity contribution is 5.55. The molecule has 1 aromatic heterocycles. The van der Waals surface area contributed by atoms with Crippen LogP contribution in [0.25, 0.3) is 5.69 Å². The van der Waals surface area contributed by atoms with Gasteiger partial charge in [0.25, 0.3) is 0 Å². The van der Waals surface area contributed by atoms with Gasteiger partial charge in [0.1, 0.15) is 5.82 Å². The first-order valence-corrected chi connectivity index (χ1v) is 7.42. The van der Waals surface area contributed by atoms with Crippen molar-refractivity contribution in [2.45, 2.75) is 26.8 Å². The maximum atomic E-state index is 9.10. The summed E-state index contributed by atoms with van der Waals surface area (Å²) in [7, 11) is 0. The second-order valence-electron chi connectivity index (χ2n) is 5.00. The van der Waals surface area contributed by atoms with Crippen LogP contribution in [0.5, 0.6) is 0 Å². The van der Waals surface area contributed by atoms with E-state index in [4.69, 9.17) is 10.8 Å². The predicted octanol–water partition coefficient (Wildman–Crippen LogP) is 1.85. The van der Waals surface area contributed by atoms with Crippen LogP contribution < -0.4 is 10.6 Å². The number of aliphatic hydroxyl groups is 1. The van der Waals surface area contributed by atoms with Crippen molar-refractivity contribution in [2.75, 3.05) is 24.6 Å². The monoisotopic (exact) mass is 288 g/mol. The van der Waals surface area contributed by atoms with Crippen molar-refractivity contribution in [3.63, 3.8) is 0 Å². The fraction of sp³-hybridized carbons (Fsp3) is 0.438. The first-order chi connectivity index (χ1) is 10.2. The maximum Gasteiger partial charge on any atom is 0.137 e. The third-order valence-electron chi connectivity index (χ3n) is 3.63. The summed E-state index contributed by atoms with van der Waals surface area (Å²) in [4.78, 5) is 2.23. The van der Waals surface area contributed by atoms with Crippen LogP contribution in [0, 0.1) is 6.92 Å². The van der Waals surface area contributed by atoms with E-state index in [1.807, 2.05) is 41.9 Å². The Hall–Kier alpha value is -1.85. The van der Waals surface area contributed by atoms with E-state index in [9.17, 15) is 0 Å². The molecule has 1 heterocycles. The molecule has 0 aliphatic heterocycles. The molecule has 0 fully saturated rings. The van der Waals surface area contributed by atoms with Gasteiger partial charge in [0.2, 0.25) is 0 Å². The lowest BCUT2D eigenvalue weighted by Gasteiger charge is -2.25. The van der Waals surface area contributed by atoms with E-state index >= 15 is 0 Å². The smallest absolute Gasteiger partial charge is 0.137 e. The normalized spacial score (nSPS) is 10.9. The Balaban J connectivity index is 2.50. The Morgan fingerprint density at radius 3 is 2.57 bits per heavy atom. The molecule has 0 atom stereocenters. The van der Waals surface area contributed by atoms with Crippen LogP contribution in [-0.4, -0.2) is 34.6 Å². The molecule has 0 radical (unpaired) electrons. The summed E-state index contributed by atoms with van der Waals surface area (Å²) >= 11 is 0. The number of anilines is 1. The Labute approximate surface area is 126 Å². The molecule has 5 heteroatoms. The van der Waals surface area contributed by atoms with Crippen molar-refractivity contribution < 1.29 is 5.11 Å². The number of hydrogen-bond acceptors (Lipinski definition) is 4. The van der Waals surface area contributed by atoms with Crippen LogP contribution in [0.3, 0.4) is 0 Å². The lowest BCUT2D eigenvalue weighted by atomic mass is 10.2. The number of aromatic nitrogens is 2. The Morgan fingerprint density at radius 1 is 1.29 bits per heavy atom. The molecule has 3 N–H and O–H groups in total. The molecule has 0 bridgehead atoms. The molecule has 21 heavy (non-hydrogen) atoms. The zero-order valence-corrected chi connectivity index (χ0v) is 12.8. The predicted molar refractivity (Wildman–Crippen MR) is 85.8 cm³/mol. The number of aliphatic hydroxyl groups excluding tert-OH is 1. The van der Waals surface area contributed by atoms with E-state index in [1.165, 1.54) is 0 Å². The number of nitrogens with two attached hydrogens (primary N) is 1. The SMILES string of the molecule is CCN(CCCO)c1c(CN)c(C)nn1-c1ccccc1. The van der Waals surface area contributed by atoms with Crippen LogP contribution in [-0.2, 0) is 6.54 Å². The van der Waals surface area contributed by atoms with Crippen molar-refractivity contribution in [2.24, 2.45) is 5.73 Å². The van der Waals surface area contributed by atoms with Crippen molar-refractivity contribution in [1.82, 2.24) is 9.78 Å². The summed E-state index contributed by atoms with van der Waals surface area (Å²) in [5, 5.41) is 13.8. The molecule has 5 nitrogen and oxygen atoms in total. The topological polar surface area (TPSA) is 67.3 Å². The van der Waals surface area contributed by atoms with Crippen molar-refractivity contribution >= 4 is 5.82 Å². The molecule has 0 saturated carbocycles. The fourth-order valence-corrected chi connectivity index (χ4v) is 2.54.